The number of hydrogen-bond donors (Lipinski definition) is 1. The van der Waals surface area contributed by atoms with E-state index in [1.807, 2.05) is 42.6 Å². The number of aromatic nitrogens is 3. The van der Waals surface area contributed by atoms with Gasteiger partial charge in [-0.05, 0) is 63.1 Å². The summed E-state index contributed by atoms with van der Waals surface area (Å²) in [5, 5.41) is 8.29. The number of aryl methyl sites for hydroxylation is 2. The molecular formula is C26H24N4O5. The maximum absolute atomic E-state index is 12.8. The van der Waals surface area contributed by atoms with Crippen molar-refractivity contribution in [2.24, 2.45) is 0 Å². The van der Waals surface area contributed by atoms with Gasteiger partial charge in [0, 0.05) is 28.8 Å². The highest BCUT2D eigenvalue weighted by atomic mass is 16.5. The Kier molecular flexibility index (Phi) is 5.68. The third-order valence-corrected chi connectivity index (χ3v) is 6.17. The van der Waals surface area contributed by atoms with Crippen LogP contribution in [0.25, 0.3) is 16.6 Å². The lowest BCUT2D eigenvalue weighted by atomic mass is 10.0. The van der Waals surface area contributed by atoms with E-state index < -0.39 is 12.1 Å². The maximum atomic E-state index is 12.8. The summed E-state index contributed by atoms with van der Waals surface area (Å²) in [6, 6.07) is 12.6. The van der Waals surface area contributed by atoms with Crippen molar-refractivity contribution in [2.45, 2.75) is 39.7 Å². The number of esters is 1. The van der Waals surface area contributed by atoms with Crippen LogP contribution in [0.2, 0.25) is 0 Å². The van der Waals surface area contributed by atoms with E-state index in [1.165, 1.54) is 13.0 Å². The summed E-state index contributed by atoms with van der Waals surface area (Å²) in [5.74, 6) is -0.639. The first-order valence-electron chi connectivity index (χ1n) is 11.4. The van der Waals surface area contributed by atoms with Crippen LogP contribution >= 0.6 is 0 Å². The summed E-state index contributed by atoms with van der Waals surface area (Å²) in [6.45, 7) is 5.35. The van der Waals surface area contributed by atoms with Crippen LogP contribution in [0.4, 0.5) is 5.69 Å². The summed E-state index contributed by atoms with van der Waals surface area (Å²) >= 11 is 0. The number of nitrogens with one attached hydrogen (secondary N) is 1. The van der Waals surface area contributed by atoms with Crippen LogP contribution in [0.15, 0.2) is 42.5 Å². The molecule has 3 heterocycles. The number of nitrogens with zero attached hydrogens (tertiary/aromatic N) is 3. The summed E-state index contributed by atoms with van der Waals surface area (Å²) in [7, 11) is 0. The lowest BCUT2D eigenvalue weighted by molar-refractivity contribution is -0.146. The Morgan fingerprint density at radius 3 is 2.83 bits per heavy atom. The van der Waals surface area contributed by atoms with Crippen LogP contribution in [-0.2, 0) is 20.7 Å². The summed E-state index contributed by atoms with van der Waals surface area (Å²) in [6.07, 6.45) is -0.458. The minimum Gasteiger partial charge on any atom is -0.482 e. The number of ether oxygens (including phenoxy) is 2. The van der Waals surface area contributed by atoms with Crippen molar-refractivity contribution in [1.82, 2.24) is 14.6 Å². The number of amides is 1. The van der Waals surface area contributed by atoms with Gasteiger partial charge in [-0.25, -0.2) is 9.50 Å². The second-order valence-electron chi connectivity index (χ2n) is 8.56. The van der Waals surface area contributed by atoms with Gasteiger partial charge in [-0.15, -0.1) is 0 Å². The molecule has 0 fully saturated rings. The molecule has 5 rings (SSSR count). The van der Waals surface area contributed by atoms with Crippen molar-refractivity contribution >= 4 is 39.9 Å². The quantitative estimate of drug-likeness (QED) is 0.337. The molecular weight excluding hydrogens is 448 g/mol. The summed E-state index contributed by atoms with van der Waals surface area (Å²) in [5.41, 5.74) is 5.06. The van der Waals surface area contributed by atoms with Crippen molar-refractivity contribution in [1.29, 1.82) is 0 Å². The van der Waals surface area contributed by atoms with E-state index in [2.05, 4.69) is 10.4 Å². The zero-order valence-electron chi connectivity index (χ0n) is 19.6. The highest BCUT2D eigenvalue weighted by Crippen LogP contribution is 2.29. The van der Waals surface area contributed by atoms with Crippen molar-refractivity contribution in [3.63, 3.8) is 0 Å². The summed E-state index contributed by atoms with van der Waals surface area (Å²) < 4.78 is 12.5. The second-order valence-corrected chi connectivity index (χ2v) is 8.56. The Morgan fingerprint density at radius 1 is 1.20 bits per heavy atom. The smallest absolute Gasteiger partial charge is 0.306 e. The van der Waals surface area contributed by atoms with Crippen LogP contribution in [0, 0.1) is 13.8 Å². The lowest BCUT2D eigenvalue weighted by Gasteiger charge is -2.19. The normalized spacial score (nSPS) is 13.7. The number of carbonyl (C=O) groups is 3. The minimum atomic E-state index is -0.972. The zero-order valence-corrected chi connectivity index (χ0v) is 19.6. The van der Waals surface area contributed by atoms with Gasteiger partial charge in [0.25, 0.3) is 5.91 Å². The van der Waals surface area contributed by atoms with E-state index in [-0.39, 0.29) is 24.7 Å². The SMILES string of the molecule is Cc1nc2c3ccccc3nn2c(C)c1CCC(=O)O[C@H](C)C(=O)c1ccc2c(c1)NC(=O)CO2. The molecule has 1 aliphatic rings. The molecule has 0 bridgehead atoms. The number of anilines is 1. The highest BCUT2D eigenvalue weighted by molar-refractivity contribution is 6.03. The molecule has 0 saturated heterocycles. The van der Waals surface area contributed by atoms with E-state index in [0.717, 1.165) is 33.5 Å². The predicted molar refractivity (Wildman–Crippen MR) is 129 cm³/mol. The van der Waals surface area contributed by atoms with Gasteiger partial charge >= 0.3 is 5.97 Å². The first-order chi connectivity index (χ1) is 16.8. The van der Waals surface area contributed by atoms with Gasteiger partial charge in [-0.1, -0.05) is 12.1 Å². The van der Waals surface area contributed by atoms with Crippen molar-refractivity contribution in [3.8, 4) is 5.75 Å². The Bertz CT molecular complexity index is 1510. The molecule has 9 nitrogen and oxygen atoms in total. The zero-order chi connectivity index (χ0) is 24.7. The van der Waals surface area contributed by atoms with E-state index in [9.17, 15) is 14.4 Å². The fraction of sp³-hybridized carbons (Fsp3) is 0.269. The van der Waals surface area contributed by atoms with Crippen LogP contribution < -0.4 is 10.1 Å². The maximum Gasteiger partial charge on any atom is 0.306 e. The van der Waals surface area contributed by atoms with Gasteiger partial charge < -0.3 is 14.8 Å². The van der Waals surface area contributed by atoms with Crippen molar-refractivity contribution in [2.75, 3.05) is 11.9 Å². The molecule has 1 amide bonds. The Morgan fingerprint density at radius 2 is 2.00 bits per heavy atom. The second kappa shape index (κ2) is 8.83. The average Bonchev–Trinajstić information content (AvgIpc) is 3.21. The van der Waals surface area contributed by atoms with Crippen LogP contribution in [-0.4, -0.2) is 45.0 Å². The molecule has 2 aromatic carbocycles. The highest BCUT2D eigenvalue weighted by Gasteiger charge is 2.23. The molecule has 0 unspecified atom stereocenters. The van der Waals surface area contributed by atoms with Gasteiger partial charge in [0.2, 0.25) is 5.78 Å². The van der Waals surface area contributed by atoms with Gasteiger partial charge in [-0.2, -0.15) is 5.10 Å². The molecule has 1 N–H and O–H groups in total. The van der Waals surface area contributed by atoms with Crippen LogP contribution in [0.5, 0.6) is 5.75 Å². The van der Waals surface area contributed by atoms with Gasteiger partial charge in [0.05, 0.1) is 11.2 Å². The number of carbonyl (C=O) groups excluding carboxylic acids is 3. The van der Waals surface area contributed by atoms with Crippen LogP contribution in [0.1, 0.15) is 40.7 Å². The Balaban J connectivity index is 1.27. The molecule has 4 aromatic rings. The third kappa shape index (κ3) is 4.21. The molecule has 178 valence electrons. The van der Waals surface area contributed by atoms with E-state index in [4.69, 9.17) is 14.5 Å². The molecule has 1 atom stereocenters. The number of hydrogen-bond acceptors (Lipinski definition) is 7. The fourth-order valence-electron chi connectivity index (χ4n) is 4.35. The topological polar surface area (TPSA) is 112 Å². The molecule has 9 heteroatoms. The number of benzene rings is 2. The van der Waals surface area contributed by atoms with E-state index >= 15 is 0 Å². The first-order valence-corrected chi connectivity index (χ1v) is 11.4. The largest absolute Gasteiger partial charge is 0.482 e. The molecule has 0 aliphatic carbocycles. The van der Waals surface area contributed by atoms with Gasteiger partial charge in [0.1, 0.15) is 5.75 Å². The Labute approximate surface area is 201 Å². The molecule has 1 aliphatic heterocycles. The number of ketones is 1. The van der Waals surface area contributed by atoms with E-state index in [1.54, 1.807) is 12.1 Å². The van der Waals surface area contributed by atoms with Gasteiger partial charge in [-0.3, -0.25) is 14.4 Å². The Hall–Kier alpha value is -4.27. The summed E-state index contributed by atoms with van der Waals surface area (Å²) in [4.78, 5) is 41.6. The molecule has 0 spiro atoms. The number of fused-ring (bicyclic) bond motifs is 4. The average molecular weight is 473 g/mol. The number of rotatable bonds is 6. The molecule has 35 heavy (non-hydrogen) atoms. The molecule has 0 radical (unpaired) electrons. The van der Waals surface area contributed by atoms with E-state index in [0.29, 0.717) is 23.4 Å². The standard InChI is InChI=1S/C26H24N4O5/c1-14-18(15(2)30-26(27-14)19-6-4-5-7-20(19)29-30)9-11-24(32)35-16(3)25(33)17-8-10-22-21(12-17)28-23(31)13-34-22/h4-8,10,12,16H,9,11,13H2,1-3H3,(H,28,31)/t16-/m1/s1. The monoisotopic (exact) mass is 472 g/mol. The van der Waals surface area contributed by atoms with Gasteiger partial charge in [0.15, 0.2) is 18.4 Å². The fourth-order valence-corrected chi connectivity index (χ4v) is 4.35. The minimum absolute atomic E-state index is 0.0630. The van der Waals surface area contributed by atoms with Crippen LogP contribution in [0.3, 0.4) is 0 Å². The lowest BCUT2D eigenvalue weighted by Crippen LogP contribution is -2.27. The van der Waals surface area contributed by atoms with Crippen molar-refractivity contribution < 1.29 is 23.9 Å². The molecule has 0 saturated carbocycles. The predicted octanol–water partition coefficient (Wildman–Crippen LogP) is 3.58. The van der Waals surface area contributed by atoms with Crippen molar-refractivity contribution in [3.05, 3.63) is 65.0 Å². The third-order valence-electron chi connectivity index (χ3n) is 6.17. The molecule has 2 aromatic heterocycles. The first kappa shape index (κ1) is 22.5. The number of Topliss-reactive ketones (excluding diaryl/α,β-unsaturated/α-hetero) is 1.